The van der Waals surface area contributed by atoms with Crippen LogP contribution in [0.3, 0.4) is 0 Å². The van der Waals surface area contributed by atoms with E-state index in [0.29, 0.717) is 6.54 Å². The second kappa shape index (κ2) is 7.53. The average molecular weight is 229 g/mol. The van der Waals surface area contributed by atoms with Crippen molar-refractivity contribution in [2.24, 2.45) is 5.92 Å². The molecule has 0 aromatic heterocycles. The van der Waals surface area contributed by atoms with E-state index in [0.717, 1.165) is 12.3 Å². The van der Waals surface area contributed by atoms with E-state index >= 15 is 0 Å². The first kappa shape index (κ1) is 15.3. The van der Waals surface area contributed by atoms with Crippen molar-refractivity contribution in [3.63, 3.8) is 0 Å². The van der Waals surface area contributed by atoms with Gasteiger partial charge in [-0.1, -0.05) is 33.1 Å². The Morgan fingerprint density at radius 2 is 1.94 bits per heavy atom. The van der Waals surface area contributed by atoms with Gasteiger partial charge in [-0.15, -0.1) is 0 Å². The number of unbranched alkanes of at least 4 members (excludes halogenated alkanes) is 1. The van der Waals surface area contributed by atoms with Crippen LogP contribution in [0.1, 0.15) is 60.3 Å². The second-order valence-electron chi connectivity index (χ2n) is 5.44. The molecule has 3 nitrogen and oxygen atoms in total. The van der Waals surface area contributed by atoms with Crippen LogP contribution in [0.4, 0.5) is 4.79 Å². The zero-order chi connectivity index (χ0) is 12.6. The minimum atomic E-state index is -0.402. The zero-order valence-corrected chi connectivity index (χ0v) is 11.4. The maximum Gasteiger partial charge on any atom is 0.407 e. The van der Waals surface area contributed by atoms with E-state index in [-0.39, 0.29) is 6.09 Å². The number of hydrogen-bond acceptors (Lipinski definition) is 2. The molecule has 0 rings (SSSR count). The molecule has 1 N–H and O–H groups in total. The van der Waals surface area contributed by atoms with Crippen LogP contribution >= 0.6 is 0 Å². The maximum absolute atomic E-state index is 11.3. The molecule has 96 valence electrons. The number of amides is 1. The lowest BCUT2D eigenvalue weighted by Gasteiger charge is -2.19. The number of carbonyl (C=O) groups excluding carboxylic acids is 1. The smallest absolute Gasteiger partial charge is 0.407 e. The van der Waals surface area contributed by atoms with Crippen molar-refractivity contribution in [1.29, 1.82) is 0 Å². The molecule has 3 heteroatoms. The minimum absolute atomic E-state index is 0.309. The highest BCUT2D eigenvalue weighted by Crippen LogP contribution is 2.10. The van der Waals surface area contributed by atoms with Gasteiger partial charge in [0.05, 0.1) is 0 Å². The van der Waals surface area contributed by atoms with Crippen LogP contribution in [-0.2, 0) is 4.74 Å². The quantitative estimate of drug-likeness (QED) is 0.705. The third kappa shape index (κ3) is 9.81. The van der Waals surface area contributed by atoms with Crippen molar-refractivity contribution >= 4 is 6.09 Å². The van der Waals surface area contributed by atoms with Crippen LogP contribution in [0.25, 0.3) is 0 Å². The van der Waals surface area contributed by atoms with Crippen LogP contribution in [0, 0.1) is 5.92 Å². The molecule has 0 fully saturated rings. The molecule has 0 aliphatic heterocycles. The first-order valence-corrected chi connectivity index (χ1v) is 6.32. The number of nitrogens with one attached hydrogen (secondary N) is 1. The summed E-state index contributed by atoms with van der Waals surface area (Å²) >= 11 is 0. The van der Waals surface area contributed by atoms with Crippen molar-refractivity contribution in [1.82, 2.24) is 5.32 Å². The standard InChI is InChI=1S/C13H27NO2/c1-6-11(2)9-7-8-10-14-12(15)16-13(3,4)5/h11H,6-10H2,1-5H3,(H,14,15). The fourth-order valence-electron chi connectivity index (χ4n) is 1.33. The minimum Gasteiger partial charge on any atom is -0.444 e. The van der Waals surface area contributed by atoms with Gasteiger partial charge in [-0.2, -0.15) is 0 Å². The summed E-state index contributed by atoms with van der Waals surface area (Å²) in [6.07, 6.45) is 4.37. The van der Waals surface area contributed by atoms with E-state index in [1.54, 1.807) is 0 Å². The Morgan fingerprint density at radius 1 is 1.31 bits per heavy atom. The number of ether oxygens (including phenoxy) is 1. The summed E-state index contributed by atoms with van der Waals surface area (Å²) in [6, 6.07) is 0. The van der Waals surface area contributed by atoms with E-state index in [1.807, 2.05) is 20.8 Å². The molecule has 1 atom stereocenters. The molecule has 1 amide bonds. The fourth-order valence-corrected chi connectivity index (χ4v) is 1.33. The first-order valence-electron chi connectivity index (χ1n) is 6.32. The highest BCUT2D eigenvalue weighted by molar-refractivity contribution is 5.67. The number of carbonyl (C=O) groups is 1. The van der Waals surface area contributed by atoms with Crippen molar-refractivity contribution in [3.05, 3.63) is 0 Å². The van der Waals surface area contributed by atoms with Crippen molar-refractivity contribution < 1.29 is 9.53 Å². The lowest BCUT2D eigenvalue weighted by molar-refractivity contribution is 0.0527. The second-order valence-corrected chi connectivity index (χ2v) is 5.44. The number of rotatable bonds is 6. The molecule has 1 unspecified atom stereocenters. The fraction of sp³-hybridized carbons (Fsp3) is 0.923. The van der Waals surface area contributed by atoms with E-state index < -0.39 is 5.60 Å². The van der Waals surface area contributed by atoms with Crippen molar-refractivity contribution in [2.75, 3.05) is 6.54 Å². The molecule has 0 saturated heterocycles. The van der Waals surface area contributed by atoms with Gasteiger partial charge in [0.25, 0.3) is 0 Å². The molecule has 0 spiro atoms. The first-order chi connectivity index (χ1) is 7.35. The molecule has 0 bridgehead atoms. The van der Waals surface area contributed by atoms with E-state index in [4.69, 9.17) is 4.74 Å². The third-order valence-electron chi connectivity index (χ3n) is 2.49. The van der Waals surface area contributed by atoms with Gasteiger partial charge in [-0.25, -0.2) is 4.79 Å². The monoisotopic (exact) mass is 229 g/mol. The normalized spacial score (nSPS) is 13.3. The zero-order valence-electron chi connectivity index (χ0n) is 11.4. The lowest BCUT2D eigenvalue weighted by Crippen LogP contribution is -2.33. The highest BCUT2D eigenvalue weighted by Gasteiger charge is 2.15. The predicted molar refractivity (Wildman–Crippen MR) is 67.5 cm³/mol. The van der Waals surface area contributed by atoms with E-state index in [2.05, 4.69) is 19.2 Å². The lowest BCUT2D eigenvalue weighted by atomic mass is 10.0. The summed E-state index contributed by atoms with van der Waals surface area (Å²) in [6.45, 7) is 10.8. The van der Waals surface area contributed by atoms with Gasteiger partial charge in [-0.3, -0.25) is 0 Å². The van der Waals surface area contributed by atoms with Gasteiger partial charge in [0.2, 0.25) is 0 Å². The molecule has 0 saturated carbocycles. The molecule has 0 aromatic carbocycles. The summed E-state index contributed by atoms with van der Waals surface area (Å²) in [5.41, 5.74) is -0.402. The van der Waals surface area contributed by atoms with Crippen LogP contribution < -0.4 is 5.32 Å². The highest BCUT2D eigenvalue weighted by atomic mass is 16.6. The van der Waals surface area contributed by atoms with E-state index in [1.165, 1.54) is 19.3 Å². The van der Waals surface area contributed by atoms with E-state index in [9.17, 15) is 4.79 Å². The van der Waals surface area contributed by atoms with Crippen LogP contribution in [0.2, 0.25) is 0 Å². The summed E-state index contributed by atoms with van der Waals surface area (Å²) in [5.74, 6) is 0.793. The average Bonchev–Trinajstić information content (AvgIpc) is 2.14. The number of hydrogen-bond donors (Lipinski definition) is 1. The predicted octanol–water partition coefficient (Wildman–Crippen LogP) is 3.73. The molecule has 0 heterocycles. The topological polar surface area (TPSA) is 38.3 Å². The largest absolute Gasteiger partial charge is 0.444 e. The maximum atomic E-state index is 11.3. The Labute approximate surface area is 99.9 Å². The number of alkyl carbamates (subject to hydrolysis) is 1. The molecule has 0 radical (unpaired) electrons. The molecular weight excluding hydrogens is 202 g/mol. The van der Waals surface area contributed by atoms with Gasteiger partial charge in [0.15, 0.2) is 0 Å². The molecule has 16 heavy (non-hydrogen) atoms. The van der Waals surface area contributed by atoms with Crippen LogP contribution in [0.5, 0.6) is 0 Å². The third-order valence-corrected chi connectivity index (χ3v) is 2.49. The molecule has 0 aromatic rings. The summed E-state index contributed by atoms with van der Waals surface area (Å²) in [5, 5.41) is 2.77. The Morgan fingerprint density at radius 3 is 2.44 bits per heavy atom. The molecular formula is C13H27NO2. The summed E-state index contributed by atoms with van der Waals surface area (Å²) < 4.78 is 5.14. The van der Waals surface area contributed by atoms with Crippen LogP contribution in [0.15, 0.2) is 0 Å². The van der Waals surface area contributed by atoms with Crippen molar-refractivity contribution in [3.8, 4) is 0 Å². The Kier molecular flexibility index (Phi) is 7.18. The van der Waals surface area contributed by atoms with Gasteiger partial charge in [-0.05, 0) is 33.1 Å². The summed E-state index contributed by atoms with van der Waals surface area (Å²) in [4.78, 5) is 11.3. The van der Waals surface area contributed by atoms with Gasteiger partial charge >= 0.3 is 6.09 Å². The van der Waals surface area contributed by atoms with Crippen LogP contribution in [-0.4, -0.2) is 18.2 Å². The summed E-state index contributed by atoms with van der Waals surface area (Å²) in [7, 11) is 0. The molecule has 0 aliphatic carbocycles. The van der Waals surface area contributed by atoms with Crippen molar-refractivity contribution in [2.45, 2.75) is 65.9 Å². The Bertz CT molecular complexity index is 197. The Hall–Kier alpha value is -0.730. The SMILES string of the molecule is CCC(C)CCCCNC(=O)OC(C)(C)C. The molecule has 0 aliphatic rings. The Balaban J connectivity index is 3.42. The van der Waals surface area contributed by atoms with Gasteiger partial charge < -0.3 is 10.1 Å². The van der Waals surface area contributed by atoms with Gasteiger partial charge in [0.1, 0.15) is 5.60 Å². The van der Waals surface area contributed by atoms with Gasteiger partial charge in [0, 0.05) is 6.54 Å².